The molecule has 7 nitrogen and oxygen atoms in total. The van der Waals surface area contributed by atoms with E-state index in [-0.39, 0.29) is 5.56 Å². The third-order valence-corrected chi connectivity index (χ3v) is 6.10. The van der Waals surface area contributed by atoms with Gasteiger partial charge in [-0.15, -0.1) is 0 Å². The van der Waals surface area contributed by atoms with E-state index in [1.807, 2.05) is 40.8 Å². The molecule has 1 aromatic heterocycles. The minimum Gasteiger partial charge on any atom is -0.480 e. The second-order valence-electron chi connectivity index (χ2n) is 7.92. The summed E-state index contributed by atoms with van der Waals surface area (Å²) in [4.78, 5) is 28.0. The van der Waals surface area contributed by atoms with Crippen LogP contribution >= 0.6 is 11.6 Å². The van der Waals surface area contributed by atoms with E-state index in [9.17, 15) is 19.8 Å². The number of piperazine rings is 1. The highest BCUT2D eigenvalue weighted by Crippen LogP contribution is 2.32. The second kappa shape index (κ2) is 8.70. The first-order chi connectivity index (χ1) is 14.8. The number of hydrogen-bond donors (Lipinski definition) is 2. The number of halogens is 1. The molecule has 0 bridgehead atoms. The molecular formula is C23H24ClN3O4. The highest BCUT2D eigenvalue weighted by atomic mass is 35.5. The molecule has 0 unspecified atom stereocenters. The van der Waals surface area contributed by atoms with E-state index >= 15 is 0 Å². The lowest BCUT2D eigenvalue weighted by Crippen LogP contribution is -2.48. The Bertz CT molecular complexity index is 1140. The first-order valence-corrected chi connectivity index (χ1v) is 10.5. The van der Waals surface area contributed by atoms with Gasteiger partial charge in [-0.1, -0.05) is 23.7 Å². The Morgan fingerprint density at radius 2 is 1.81 bits per heavy atom. The molecule has 2 heterocycles. The van der Waals surface area contributed by atoms with Crippen molar-refractivity contribution in [1.82, 2.24) is 14.4 Å². The normalized spacial score (nSPS) is 16.5. The molecule has 1 fully saturated rings. The number of aliphatic carboxylic acids is 1. The number of nitrogens with zero attached hydrogens (tertiary/aromatic N) is 3. The monoisotopic (exact) mass is 441 g/mol. The van der Waals surface area contributed by atoms with Gasteiger partial charge in [0.25, 0.3) is 0 Å². The lowest BCUT2D eigenvalue weighted by atomic mass is 10.0. The highest BCUT2D eigenvalue weighted by Gasteiger charge is 2.32. The average molecular weight is 442 g/mol. The molecule has 0 amide bonds. The van der Waals surface area contributed by atoms with Crippen LogP contribution in [0.25, 0.3) is 10.9 Å². The number of rotatable bonds is 6. The van der Waals surface area contributed by atoms with E-state index in [0.717, 1.165) is 30.7 Å². The number of hydrogen-bond acceptors (Lipinski definition) is 4. The Morgan fingerprint density at radius 1 is 1.06 bits per heavy atom. The van der Waals surface area contributed by atoms with Crippen molar-refractivity contribution in [2.24, 2.45) is 7.05 Å². The zero-order valence-corrected chi connectivity index (χ0v) is 17.9. The molecular weight excluding hydrogens is 418 g/mol. The summed E-state index contributed by atoms with van der Waals surface area (Å²) in [6.07, 6.45) is 1.80. The summed E-state index contributed by atoms with van der Waals surface area (Å²) < 4.78 is 1.85. The topological polar surface area (TPSA) is 86.0 Å². The number of aryl methyl sites for hydroxylation is 1. The Morgan fingerprint density at radius 3 is 2.45 bits per heavy atom. The molecule has 3 aromatic rings. The average Bonchev–Trinajstić information content (AvgIpc) is 3.05. The SMILES string of the molecule is Cn1cc([C@@H](C(=O)O)N2CCN(Cc3cccc(Cl)c3)CC2)c2cc(C(=O)O)ccc21. The van der Waals surface area contributed by atoms with Crippen LogP contribution in [0.3, 0.4) is 0 Å². The predicted octanol–water partition coefficient (Wildman–Crippen LogP) is 3.47. The fourth-order valence-corrected chi connectivity index (χ4v) is 4.55. The fourth-order valence-electron chi connectivity index (χ4n) is 4.33. The lowest BCUT2D eigenvalue weighted by molar-refractivity contribution is -0.144. The van der Waals surface area contributed by atoms with Crippen molar-refractivity contribution >= 4 is 34.4 Å². The quantitative estimate of drug-likeness (QED) is 0.609. The Labute approximate surface area is 185 Å². The number of aromatic nitrogens is 1. The number of aromatic carboxylic acids is 1. The highest BCUT2D eigenvalue weighted by molar-refractivity contribution is 6.30. The van der Waals surface area contributed by atoms with Crippen LogP contribution in [0.2, 0.25) is 5.02 Å². The van der Waals surface area contributed by atoms with Crippen LogP contribution in [-0.2, 0) is 18.4 Å². The molecule has 4 rings (SSSR count). The van der Waals surface area contributed by atoms with Crippen LogP contribution < -0.4 is 0 Å². The fraction of sp³-hybridized carbons (Fsp3) is 0.304. The molecule has 1 saturated heterocycles. The summed E-state index contributed by atoms with van der Waals surface area (Å²) in [6.45, 7) is 3.45. The van der Waals surface area contributed by atoms with Crippen molar-refractivity contribution < 1.29 is 19.8 Å². The molecule has 162 valence electrons. The molecule has 2 N–H and O–H groups in total. The van der Waals surface area contributed by atoms with Gasteiger partial charge in [-0.3, -0.25) is 14.6 Å². The van der Waals surface area contributed by atoms with E-state index in [4.69, 9.17) is 11.6 Å². The zero-order valence-electron chi connectivity index (χ0n) is 17.2. The van der Waals surface area contributed by atoms with Crippen LogP contribution in [0, 0.1) is 0 Å². The van der Waals surface area contributed by atoms with Crippen molar-refractivity contribution in [3.63, 3.8) is 0 Å². The van der Waals surface area contributed by atoms with Crippen molar-refractivity contribution in [3.8, 4) is 0 Å². The van der Waals surface area contributed by atoms with Gasteiger partial charge in [-0.2, -0.15) is 0 Å². The molecule has 0 radical (unpaired) electrons. The van der Waals surface area contributed by atoms with Crippen LogP contribution in [0.15, 0.2) is 48.7 Å². The Hall–Kier alpha value is -2.87. The van der Waals surface area contributed by atoms with Gasteiger partial charge in [-0.05, 0) is 35.9 Å². The minimum atomic E-state index is -1.03. The Kier molecular flexibility index (Phi) is 6.00. The minimum absolute atomic E-state index is 0.149. The maximum atomic E-state index is 12.3. The molecule has 31 heavy (non-hydrogen) atoms. The van der Waals surface area contributed by atoms with Gasteiger partial charge in [-0.25, -0.2) is 4.79 Å². The number of carboxylic acids is 2. The van der Waals surface area contributed by atoms with Gasteiger partial charge in [0.2, 0.25) is 0 Å². The van der Waals surface area contributed by atoms with E-state index in [1.165, 1.54) is 0 Å². The Balaban J connectivity index is 1.56. The summed E-state index contributed by atoms with van der Waals surface area (Å²) in [5.74, 6) is -1.96. The van der Waals surface area contributed by atoms with E-state index in [0.29, 0.717) is 29.1 Å². The molecule has 1 atom stereocenters. The van der Waals surface area contributed by atoms with Crippen molar-refractivity contribution in [2.75, 3.05) is 26.2 Å². The molecule has 2 aromatic carbocycles. The van der Waals surface area contributed by atoms with Gasteiger partial charge in [0, 0.05) is 67.5 Å². The zero-order chi connectivity index (χ0) is 22.1. The largest absolute Gasteiger partial charge is 0.480 e. The van der Waals surface area contributed by atoms with Crippen LogP contribution in [0.1, 0.15) is 27.5 Å². The maximum absolute atomic E-state index is 12.3. The molecule has 1 aliphatic heterocycles. The summed E-state index contributed by atoms with van der Waals surface area (Å²) in [5, 5.41) is 20.8. The van der Waals surface area contributed by atoms with Gasteiger partial charge >= 0.3 is 11.9 Å². The first-order valence-electron chi connectivity index (χ1n) is 10.1. The smallest absolute Gasteiger partial charge is 0.335 e. The lowest BCUT2D eigenvalue weighted by Gasteiger charge is -2.37. The maximum Gasteiger partial charge on any atom is 0.335 e. The third kappa shape index (κ3) is 4.44. The molecule has 8 heteroatoms. The van der Waals surface area contributed by atoms with Gasteiger partial charge in [0.1, 0.15) is 6.04 Å². The number of benzene rings is 2. The van der Waals surface area contributed by atoms with Crippen molar-refractivity contribution in [1.29, 1.82) is 0 Å². The van der Waals surface area contributed by atoms with E-state index in [2.05, 4.69) is 4.90 Å². The number of fused-ring (bicyclic) bond motifs is 1. The first kappa shape index (κ1) is 21.4. The van der Waals surface area contributed by atoms with E-state index in [1.54, 1.807) is 24.4 Å². The van der Waals surface area contributed by atoms with Gasteiger partial charge < -0.3 is 14.8 Å². The predicted molar refractivity (Wildman–Crippen MR) is 119 cm³/mol. The van der Waals surface area contributed by atoms with Crippen LogP contribution in [0.4, 0.5) is 0 Å². The summed E-state index contributed by atoms with van der Waals surface area (Å²) in [7, 11) is 1.84. The van der Waals surface area contributed by atoms with Gasteiger partial charge in [0.05, 0.1) is 5.56 Å². The molecule has 0 saturated carbocycles. The third-order valence-electron chi connectivity index (χ3n) is 5.86. The standard InChI is InChI=1S/C23H24ClN3O4/c1-25-14-19(18-12-16(22(28)29)5-6-20(18)25)21(23(30)31)27-9-7-26(8-10-27)13-15-3-2-4-17(24)11-15/h2-6,11-12,14,21H,7-10,13H2,1H3,(H,28,29)(H,30,31)/t21-/m0/s1. The summed E-state index contributed by atoms with van der Waals surface area (Å²) >= 11 is 6.08. The van der Waals surface area contributed by atoms with Crippen LogP contribution in [-0.4, -0.2) is 62.7 Å². The van der Waals surface area contributed by atoms with Gasteiger partial charge in [0.15, 0.2) is 0 Å². The van der Waals surface area contributed by atoms with Crippen molar-refractivity contribution in [2.45, 2.75) is 12.6 Å². The van der Waals surface area contributed by atoms with Crippen LogP contribution in [0.5, 0.6) is 0 Å². The van der Waals surface area contributed by atoms with Crippen molar-refractivity contribution in [3.05, 3.63) is 70.4 Å². The summed E-state index contributed by atoms with van der Waals surface area (Å²) in [5.41, 5.74) is 2.71. The van der Waals surface area contributed by atoms with E-state index < -0.39 is 18.0 Å². The molecule has 1 aliphatic rings. The second-order valence-corrected chi connectivity index (χ2v) is 8.35. The molecule has 0 spiro atoms. The molecule has 0 aliphatic carbocycles. The summed E-state index contributed by atoms with van der Waals surface area (Å²) in [6, 6.07) is 11.8. The number of carboxylic acid groups (broad SMARTS) is 2. The number of carbonyl (C=O) groups is 2.